The van der Waals surface area contributed by atoms with Crippen molar-refractivity contribution in [1.29, 1.82) is 0 Å². The van der Waals surface area contributed by atoms with E-state index < -0.39 is 7.82 Å². The molecule has 20 heavy (non-hydrogen) atoms. The molecule has 0 amide bonds. The van der Waals surface area contributed by atoms with Crippen molar-refractivity contribution in [2.45, 2.75) is 0 Å². The second-order valence-corrected chi connectivity index (χ2v) is 4.84. The molecule has 0 aliphatic heterocycles. The van der Waals surface area contributed by atoms with E-state index in [1.54, 1.807) is 0 Å². The van der Waals surface area contributed by atoms with Crippen LogP contribution in [0.25, 0.3) is 10.9 Å². The predicted octanol–water partition coefficient (Wildman–Crippen LogP) is 1.64. The monoisotopic (exact) mass is 293 g/mol. The third kappa shape index (κ3) is 4.47. The Labute approximate surface area is 114 Å². The van der Waals surface area contributed by atoms with Crippen molar-refractivity contribution in [3.8, 4) is 0 Å². The number of phosphoric acid groups is 1. The molecule has 1 aromatic carbocycles. The van der Waals surface area contributed by atoms with Crippen LogP contribution in [0, 0.1) is 0 Å². The third-order valence-corrected chi connectivity index (χ3v) is 2.59. The SMILES string of the molecule is O=P(O)(O)On1ccnc1.c1ccc2ncccc2c1. The molecule has 0 fully saturated rings. The highest BCUT2D eigenvalue weighted by Gasteiger charge is 2.15. The normalized spacial score (nSPS) is 10.7. The van der Waals surface area contributed by atoms with Crippen LogP contribution in [0.5, 0.6) is 0 Å². The Morgan fingerprint density at radius 1 is 1.10 bits per heavy atom. The quantitative estimate of drug-likeness (QED) is 0.697. The number of para-hydroxylation sites is 1. The van der Waals surface area contributed by atoms with Gasteiger partial charge in [-0.15, -0.1) is 0 Å². The second-order valence-electron chi connectivity index (χ2n) is 3.69. The zero-order valence-electron chi connectivity index (χ0n) is 10.3. The summed E-state index contributed by atoms with van der Waals surface area (Å²) in [6.07, 6.45) is 5.57. The number of fused-ring (bicyclic) bond motifs is 1. The first-order chi connectivity index (χ1) is 9.54. The molecular weight excluding hydrogens is 281 g/mol. The molecule has 3 rings (SSSR count). The van der Waals surface area contributed by atoms with Crippen LogP contribution < -0.4 is 4.62 Å². The summed E-state index contributed by atoms with van der Waals surface area (Å²) in [7, 11) is -4.43. The minimum absolute atomic E-state index is 0.834. The summed E-state index contributed by atoms with van der Waals surface area (Å²) in [5, 5.41) is 1.20. The summed E-state index contributed by atoms with van der Waals surface area (Å²) in [5.74, 6) is 0. The minimum atomic E-state index is -4.43. The number of nitrogens with zero attached hydrogens (tertiary/aromatic N) is 3. The number of pyridine rings is 1. The van der Waals surface area contributed by atoms with Gasteiger partial charge < -0.3 is 4.62 Å². The van der Waals surface area contributed by atoms with Gasteiger partial charge in [-0.1, -0.05) is 24.3 Å². The number of hydrogen-bond donors (Lipinski definition) is 2. The lowest BCUT2D eigenvalue weighted by Crippen LogP contribution is -2.04. The smallest absolute Gasteiger partial charge is 0.310 e. The highest BCUT2D eigenvalue weighted by molar-refractivity contribution is 7.46. The van der Waals surface area contributed by atoms with E-state index in [-0.39, 0.29) is 0 Å². The minimum Gasteiger partial charge on any atom is -0.310 e. The van der Waals surface area contributed by atoms with Gasteiger partial charge >= 0.3 is 7.82 Å². The molecule has 0 atom stereocenters. The maximum atomic E-state index is 10.1. The van der Waals surface area contributed by atoms with Crippen molar-refractivity contribution in [2.75, 3.05) is 0 Å². The van der Waals surface area contributed by atoms with Gasteiger partial charge in [0.2, 0.25) is 0 Å². The van der Waals surface area contributed by atoms with Crippen molar-refractivity contribution in [2.24, 2.45) is 0 Å². The standard InChI is InChI=1S/C9H7N.C3H5N2O4P/c1-2-6-9-8(4-1)5-3-7-10-9;6-10(7,8)9-5-2-1-4-3-5/h1-7H;1-3H,(H2,6,7,8). The summed E-state index contributed by atoms with van der Waals surface area (Å²) < 4.78 is 15.0. The first kappa shape index (κ1) is 14.2. The fourth-order valence-corrected chi connectivity index (χ4v) is 1.78. The highest BCUT2D eigenvalue weighted by atomic mass is 31.2. The molecule has 8 heteroatoms. The third-order valence-electron chi connectivity index (χ3n) is 2.19. The molecule has 2 aromatic heterocycles. The van der Waals surface area contributed by atoms with Crippen molar-refractivity contribution in [1.82, 2.24) is 14.7 Å². The average molecular weight is 293 g/mol. The lowest BCUT2D eigenvalue weighted by molar-refractivity contribution is 0.177. The Bertz CT molecular complexity index is 646. The number of rotatable bonds is 2. The summed E-state index contributed by atoms with van der Waals surface area (Å²) in [6.45, 7) is 0. The molecule has 0 saturated carbocycles. The molecule has 0 unspecified atom stereocenters. The Hall–Kier alpha value is -2.21. The molecular formula is C12H12N3O4P. The molecule has 104 valence electrons. The molecule has 2 heterocycles. The van der Waals surface area contributed by atoms with Gasteiger partial charge in [0.15, 0.2) is 0 Å². The number of imidazole rings is 1. The molecule has 0 spiro atoms. The van der Waals surface area contributed by atoms with Crippen molar-refractivity contribution < 1.29 is 19.0 Å². The maximum Gasteiger partial charge on any atom is 0.543 e. The Morgan fingerprint density at radius 2 is 1.85 bits per heavy atom. The van der Waals surface area contributed by atoms with Crippen molar-refractivity contribution in [3.05, 3.63) is 61.3 Å². The van der Waals surface area contributed by atoms with Gasteiger partial charge in [-0.25, -0.2) is 9.55 Å². The van der Waals surface area contributed by atoms with Crippen LogP contribution >= 0.6 is 7.82 Å². The largest absolute Gasteiger partial charge is 0.543 e. The molecule has 0 saturated heterocycles. The lowest BCUT2D eigenvalue weighted by Gasteiger charge is -2.03. The molecule has 0 bridgehead atoms. The number of aromatic nitrogens is 3. The highest BCUT2D eigenvalue weighted by Crippen LogP contribution is 2.30. The molecule has 0 radical (unpaired) electrons. The Morgan fingerprint density at radius 3 is 2.50 bits per heavy atom. The Balaban J connectivity index is 0.000000147. The van der Waals surface area contributed by atoms with E-state index in [2.05, 4.69) is 26.7 Å². The molecule has 3 aromatic rings. The van der Waals surface area contributed by atoms with E-state index >= 15 is 0 Å². The van der Waals surface area contributed by atoms with Crippen LogP contribution in [0.3, 0.4) is 0 Å². The average Bonchev–Trinajstić information content (AvgIpc) is 2.90. The Kier molecular flexibility index (Phi) is 4.47. The van der Waals surface area contributed by atoms with E-state index in [0.29, 0.717) is 0 Å². The van der Waals surface area contributed by atoms with Gasteiger partial charge in [-0.3, -0.25) is 14.8 Å². The van der Waals surface area contributed by atoms with Crippen LogP contribution in [0.2, 0.25) is 0 Å². The van der Waals surface area contributed by atoms with Crippen LogP contribution in [0.4, 0.5) is 0 Å². The fourth-order valence-electron chi connectivity index (χ4n) is 1.43. The van der Waals surface area contributed by atoms with Gasteiger partial charge in [0.05, 0.1) is 11.7 Å². The lowest BCUT2D eigenvalue weighted by atomic mass is 10.2. The van der Waals surface area contributed by atoms with Crippen molar-refractivity contribution in [3.63, 3.8) is 0 Å². The van der Waals surface area contributed by atoms with E-state index in [4.69, 9.17) is 9.79 Å². The van der Waals surface area contributed by atoms with Gasteiger partial charge in [0, 0.05) is 17.8 Å². The maximum absolute atomic E-state index is 10.1. The van der Waals surface area contributed by atoms with Gasteiger partial charge in [-0.2, -0.15) is 4.73 Å². The zero-order chi connectivity index (χ0) is 14.4. The topological polar surface area (TPSA) is 97.5 Å². The van der Waals surface area contributed by atoms with Crippen LogP contribution in [-0.2, 0) is 4.57 Å². The van der Waals surface area contributed by atoms with E-state index in [9.17, 15) is 4.57 Å². The van der Waals surface area contributed by atoms with Crippen molar-refractivity contribution >= 4 is 18.7 Å². The summed E-state index contributed by atoms with van der Waals surface area (Å²) in [5.41, 5.74) is 1.06. The summed E-state index contributed by atoms with van der Waals surface area (Å²) in [4.78, 5) is 24.1. The number of hydrogen-bond acceptors (Lipinski definition) is 4. The molecule has 2 N–H and O–H groups in total. The first-order valence-corrected chi connectivity index (χ1v) is 7.11. The van der Waals surface area contributed by atoms with E-state index in [0.717, 1.165) is 16.6 Å². The van der Waals surface area contributed by atoms with E-state index in [1.807, 2.05) is 30.5 Å². The molecule has 7 nitrogen and oxygen atoms in total. The van der Waals surface area contributed by atoms with Gasteiger partial charge in [0.1, 0.15) is 6.33 Å². The second kappa shape index (κ2) is 6.29. The first-order valence-electron chi connectivity index (χ1n) is 5.58. The van der Waals surface area contributed by atoms with E-state index in [1.165, 1.54) is 17.8 Å². The number of benzene rings is 1. The molecule has 0 aliphatic carbocycles. The molecule has 0 aliphatic rings. The summed E-state index contributed by atoms with van der Waals surface area (Å²) >= 11 is 0. The zero-order valence-corrected chi connectivity index (χ0v) is 11.2. The van der Waals surface area contributed by atoms with Gasteiger partial charge in [-0.05, 0) is 12.1 Å². The summed E-state index contributed by atoms with van der Waals surface area (Å²) in [6, 6.07) is 12.1. The predicted molar refractivity (Wildman–Crippen MR) is 72.6 cm³/mol. The van der Waals surface area contributed by atoms with Crippen LogP contribution in [0.15, 0.2) is 61.3 Å². The van der Waals surface area contributed by atoms with Gasteiger partial charge in [0.25, 0.3) is 0 Å². The van der Waals surface area contributed by atoms with Crippen LogP contribution in [-0.4, -0.2) is 24.5 Å². The van der Waals surface area contributed by atoms with Crippen LogP contribution in [0.1, 0.15) is 0 Å². The fraction of sp³-hybridized carbons (Fsp3) is 0.